The maximum Gasteiger partial charge on any atom is 0.231 e. The largest absolute Gasteiger partial charge is 0.454 e. The van der Waals surface area contributed by atoms with E-state index in [1.807, 2.05) is 0 Å². The summed E-state index contributed by atoms with van der Waals surface area (Å²) in [4.78, 5) is 12.3. The molecule has 1 heterocycles. The van der Waals surface area contributed by atoms with E-state index in [1.54, 1.807) is 42.5 Å². The highest BCUT2D eigenvalue weighted by Crippen LogP contribution is 2.35. The zero-order valence-corrected chi connectivity index (χ0v) is 12.3. The minimum Gasteiger partial charge on any atom is -0.454 e. The molecule has 1 atom stereocenters. The molecule has 0 radical (unpaired) electrons. The number of ether oxygens (including phenoxy) is 2. The van der Waals surface area contributed by atoms with E-state index in [4.69, 9.17) is 21.1 Å². The standard InChI is InChI=1S/C17H12ClNO3/c18-14-3-1-2-12(6-14)15(20)7-13(9-19)11-4-5-16-17(8-11)22-10-21-16/h1-6,8,13H,7,10H2. The lowest BCUT2D eigenvalue weighted by atomic mass is 9.92. The van der Waals surface area contributed by atoms with Gasteiger partial charge in [0, 0.05) is 17.0 Å². The highest BCUT2D eigenvalue weighted by atomic mass is 35.5. The number of hydrogen-bond donors (Lipinski definition) is 0. The SMILES string of the molecule is N#CC(CC(=O)c1cccc(Cl)c1)c1ccc2c(c1)OCO2. The summed E-state index contributed by atoms with van der Waals surface area (Å²) in [7, 11) is 0. The Morgan fingerprint density at radius 1 is 1.23 bits per heavy atom. The van der Waals surface area contributed by atoms with Gasteiger partial charge >= 0.3 is 0 Å². The van der Waals surface area contributed by atoms with E-state index in [9.17, 15) is 10.1 Å². The molecule has 5 heteroatoms. The van der Waals surface area contributed by atoms with E-state index in [-0.39, 0.29) is 19.0 Å². The number of fused-ring (bicyclic) bond motifs is 1. The van der Waals surface area contributed by atoms with Gasteiger partial charge in [-0.25, -0.2) is 0 Å². The van der Waals surface area contributed by atoms with Crippen molar-refractivity contribution in [2.24, 2.45) is 0 Å². The second kappa shape index (κ2) is 6.08. The second-order valence-corrected chi connectivity index (χ2v) is 5.37. The van der Waals surface area contributed by atoms with Gasteiger partial charge in [-0.1, -0.05) is 29.8 Å². The zero-order chi connectivity index (χ0) is 15.5. The quantitative estimate of drug-likeness (QED) is 0.802. The van der Waals surface area contributed by atoms with E-state index < -0.39 is 5.92 Å². The molecule has 0 aliphatic carbocycles. The average molecular weight is 314 g/mol. The van der Waals surface area contributed by atoms with Crippen molar-refractivity contribution in [1.29, 1.82) is 5.26 Å². The Labute approximate surface area is 132 Å². The predicted octanol–water partition coefficient (Wildman–Crippen LogP) is 3.95. The molecule has 2 aromatic carbocycles. The number of rotatable bonds is 4. The number of hydrogen-bond acceptors (Lipinski definition) is 4. The Hall–Kier alpha value is -2.51. The molecule has 0 N–H and O–H groups in total. The van der Waals surface area contributed by atoms with Crippen LogP contribution in [0.3, 0.4) is 0 Å². The Morgan fingerprint density at radius 3 is 2.82 bits per heavy atom. The third-order valence-electron chi connectivity index (χ3n) is 3.49. The van der Waals surface area contributed by atoms with Crippen LogP contribution in [0.1, 0.15) is 28.3 Å². The maximum atomic E-state index is 12.3. The number of carbonyl (C=O) groups excluding carboxylic acids is 1. The molecule has 0 fully saturated rings. The van der Waals surface area contributed by atoms with Crippen LogP contribution in [-0.4, -0.2) is 12.6 Å². The molecule has 4 nitrogen and oxygen atoms in total. The van der Waals surface area contributed by atoms with Crippen molar-refractivity contribution in [1.82, 2.24) is 0 Å². The van der Waals surface area contributed by atoms with Gasteiger partial charge in [-0.2, -0.15) is 5.26 Å². The van der Waals surface area contributed by atoms with Crippen molar-refractivity contribution in [2.45, 2.75) is 12.3 Å². The van der Waals surface area contributed by atoms with Crippen LogP contribution in [0, 0.1) is 11.3 Å². The number of nitriles is 1. The summed E-state index contributed by atoms with van der Waals surface area (Å²) >= 11 is 5.89. The molecule has 0 saturated carbocycles. The Kier molecular flexibility index (Phi) is 3.99. The van der Waals surface area contributed by atoms with E-state index in [0.717, 1.165) is 5.56 Å². The normalized spacial score (nSPS) is 13.5. The Balaban J connectivity index is 1.80. The van der Waals surface area contributed by atoms with Crippen molar-refractivity contribution in [3.05, 3.63) is 58.6 Å². The van der Waals surface area contributed by atoms with Crippen molar-refractivity contribution in [3.8, 4) is 17.6 Å². The van der Waals surface area contributed by atoms with Crippen LogP contribution in [-0.2, 0) is 0 Å². The van der Waals surface area contributed by atoms with Crippen molar-refractivity contribution in [2.75, 3.05) is 6.79 Å². The third kappa shape index (κ3) is 2.90. The van der Waals surface area contributed by atoms with Gasteiger partial charge in [0.1, 0.15) is 0 Å². The number of halogens is 1. The van der Waals surface area contributed by atoms with Gasteiger partial charge in [0.05, 0.1) is 12.0 Å². The molecule has 0 aromatic heterocycles. The molecule has 0 spiro atoms. The molecular weight excluding hydrogens is 302 g/mol. The highest BCUT2D eigenvalue weighted by Gasteiger charge is 2.20. The van der Waals surface area contributed by atoms with Crippen LogP contribution >= 0.6 is 11.6 Å². The number of nitrogens with zero attached hydrogens (tertiary/aromatic N) is 1. The fourth-order valence-electron chi connectivity index (χ4n) is 2.33. The Morgan fingerprint density at radius 2 is 2.05 bits per heavy atom. The zero-order valence-electron chi connectivity index (χ0n) is 11.6. The average Bonchev–Trinajstić information content (AvgIpc) is 2.99. The first-order valence-electron chi connectivity index (χ1n) is 6.75. The van der Waals surface area contributed by atoms with E-state index in [2.05, 4.69) is 6.07 Å². The molecule has 2 aromatic rings. The predicted molar refractivity (Wildman–Crippen MR) is 81.3 cm³/mol. The molecule has 0 saturated heterocycles. The van der Waals surface area contributed by atoms with Crippen LogP contribution in [0.2, 0.25) is 5.02 Å². The summed E-state index contributed by atoms with van der Waals surface area (Å²) in [5.74, 6) is 0.599. The topological polar surface area (TPSA) is 59.3 Å². The van der Waals surface area contributed by atoms with E-state index in [1.165, 1.54) is 0 Å². The first kappa shape index (κ1) is 14.4. The summed E-state index contributed by atoms with van der Waals surface area (Å²) in [6.07, 6.45) is 0.0937. The lowest BCUT2D eigenvalue weighted by Crippen LogP contribution is -2.06. The first-order chi connectivity index (χ1) is 10.7. The fourth-order valence-corrected chi connectivity index (χ4v) is 2.52. The van der Waals surface area contributed by atoms with Crippen LogP contribution in [0.5, 0.6) is 11.5 Å². The van der Waals surface area contributed by atoms with Crippen LogP contribution in [0.4, 0.5) is 0 Å². The molecular formula is C17H12ClNO3. The maximum absolute atomic E-state index is 12.3. The molecule has 1 aliphatic heterocycles. The van der Waals surface area contributed by atoms with Crippen LogP contribution in [0.25, 0.3) is 0 Å². The summed E-state index contributed by atoms with van der Waals surface area (Å²) < 4.78 is 10.5. The second-order valence-electron chi connectivity index (χ2n) is 4.93. The lowest BCUT2D eigenvalue weighted by molar-refractivity contribution is 0.0979. The van der Waals surface area contributed by atoms with Gasteiger partial charge < -0.3 is 9.47 Å². The first-order valence-corrected chi connectivity index (χ1v) is 7.13. The monoisotopic (exact) mass is 313 g/mol. The number of carbonyl (C=O) groups is 1. The van der Waals surface area contributed by atoms with Crippen molar-refractivity contribution in [3.63, 3.8) is 0 Å². The van der Waals surface area contributed by atoms with E-state index >= 15 is 0 Å². The van der Waals surface area contributed by atoms with Gasteiger partial charge in [-0.3, -0.25) is 4.79 Å². The van der Waals surface area contributed by atoms with Crippen molar-refractivity contribution >= 4 is 17.4 Å². The van der Waals surface area contributed by atoms with Crippen molar-refractivity contribution < 1.29 is 14.3 Å². The van der Waals surface area contributed by atoms with Crippen LogP contribution < -0.4 is 9.47 Å². The smallest absolute Gasteiger partial charge is 0.231 e. The molecule has 0 amide bonds. The molecule has 1 unspecified atom stereocenters. The summed E-state index contributed by atoms with van der Waals surface area (Å²) in [6.45, 7) is 0.178. The summed E-state index contributed by atoms with van der Waals surface area (Å²) in [6, 6.07) is 14.2. The lowest BCUT2D eigenvalue weighted by Gasteiger charge is -2.10. The minimum absolute atomic E-state index is 0.0937. The fraction of sp³-hybridized carbons (Fsp3) is 0.176. The minimum atomic E-state index is -0.541. The number of benzene rings is 2. The van der Waals surface area contributed by atoms with Crippen LogP contribution in [0.15, 0.2) is 42.5 Å². The highest BCUT2D eigenvalue weighted by molar-refractivity contribution is 6.31. The van der Waals surface area contributed by atoms with Gasteiger partial charge in [0.2, 0.25) is 6.79 Å². The molecule has 0 bridgehead atoms. The Bertz CT molecular complexity index is 767. The van der Waals surface area contributed by atoms with Gasteiger partial charge in [-0.05, 0) is 29.8 Å². The summed E-state index contributed by atoms with van der Waals surface area (Å²) in [5.41, 5.74) is 1.25. The summed E-state index contributed by atoms with van der Waals surface area (Å²) in [5, 5.41) is 9.88. The van der Waals surface area contributed by atoms with Gasteiger partial charge in [0.25, 0.3) is 0 Å². The number of Topliss-reactive ketones (excluding diaryl/α,β-unsaturated/α-hetero) is 1. The van der Waals surface area contributed by atoms with Gasteiger partial charge in [0.15, 0.2) is 17.3 Å². The third-order valence-corrected chi connectivity index (χ3v) is 3.73. The van der Waals surface area contributed by atoms with Gasteiger partial charge in [-0.15, -0.1) is 0 Å². The molecule has 3 rings (SSSR count). The van der Waals surface area contributed by atoms with E-state index in [0.29, 0.717) is 22.1 Å². The molecule has 22 heavy (non-hydrogen) atoms. The molecule has 1 aliphatic rings. The number of ketones is 1. The molecule has 110 valence electrons.